The molecule has 0 atom stereocenters. The number of carbonyl (C=O) groups is 1. The Hall–Kier alpha value is -2.20. The van der Waals surface area contributed by atoms with Gasteiger partial charge in [0.05, 0.1) is 14.2 Å². The average Bonchev–Trinajstić information content (AvgIpc) is 2.59. The van der Waals surface area contributed by atoms with Crippen LogP contribution in [0.1, 0.15) is 12.5 Å². The van der Waals surface area contributed by atoms with E-state index in [0.29, 0.717) is 22.0 Å². The fourth-order valence-electron chi connectivity index (χ4n) is 1.80. The molecule has 9 heteroatoms. The van der Waals surface area contributed by atoms with Gasteiger partial charge in [0, 0.05) is 17.2 Å². The van der Waals surface area contributed by atoms with E-state index in [4.69, 9.17) is 16.3 Å². The Balaban J connectivity index is 1.91. The third-order valence-corrected chi connectivity index (χ3v) is 4.18. The van der Waals surface area contributed by atoms with Crippen molar-refractivity contribution in [2.75, 3.05) is 6.61 Å². The minimum atomic E-state index is -0.479. The van der Waals surface area contributed by atoms with Crippen molar-refractivity contribution in [2.45, 2.75) is 6.92 Å². The quantitative estimate of drug-likeness (QED) is 0.299. The monoisotopic (exact) mass is 473 g/mol. The molecular weight excluding hydrogens is 461 g/mol. The van der Waals surface area contributed by atoms with Crippen molar-refractivity contribution in [1.29, 1.82) is 0 Å². The molecular formula is C16H13ClIN3O4. The highest BCUT2D eigenvalue weighted by Crippen LogP contribution is 2.24. The highest BCUT2D eigenvalue weighted by Gasteiger charge is 2.08. The van der Waals surface area contributed by atoms with Crippen molar-refractivity contribution < 1.29 is 14.5 Å². The van der Waals surface area contributed by atoms with Crippen LogP contribution in [-0.2, 0) is 4.79 Å². The van der Waals surface area contributed by atoms with Gasteiger partial charge >= 0.3 is 0 Å². The van der Waals surface area contributed by atoms with Crippen molar-refractivity contribution in [3.8, 4) is 5.75 Å². The topological polar surface area (TPSA) is 93.8 Å². The molecule has 0 saturated carbocycles. The van der Waals surface area contributed by atoms with Gasteiger partial charge in [0.2, 0.25) is 0 Å². The van der Waals surface area contributed by atoms with Crippen LogP contribution in [0.5, 0.6) is 5.75 Å². The molecule has 0 aliphatic heterocycles. The van der Waals surface area contributed by atoms with Gasteiger partial charge in [-0.1, -0.05) is 11.6 Å². The predicted octanol–water partition coefficient (Wildman–Crippen LogP) is 3.77. The second-order valence-corrected chi connectivity index (χ2v) is 6.50. The zero-order valence-corrected chi connectivity index (χ0v) is 15.9. The Morgan fingerprint density at radius 3 is 2.60 bits per heavy atom. The number of nitro benzene ring substituents is 1. The second-order valence-electron chi connectivity index (χ2n) is 4.90. The number of hydrogen-bond acceptors (Lipinski definition) is 5. The standard InChI is InChI=1S/C16H13ClIN3O4/c1-10(11-2-5-13(6-3-11)21(23)24)19-20-16(22)9-25-15-7-4-12(17)8-14(15)18/h2-8H,9H2,1H3,(H,20,22). The predicted molar refractivity (Wildman–Crippen MR) is 103 cm³/mol. The normalized spacial score (nSPS) is 11.1. The van der Waals surface area contributed by atoms with Crippen LogP contribution in [0.15, 0.2) is 47.6 Å². The zero-order chi connectivity index (χ0) is 18.4. The summed E-state index contributed by atoms with van der Waals surface area (Å²) in [6.45, 7) is 1.49. The minimum Gasteiger partial charge on any atom is -0.483 e. The van der Waals surface area contributed by atoms with Crippen LogP contribution in [0.4, 0.5) is 5.69 Å². The van der Waals surface area contributed by atoms with Gasteiger partial charge in [-0.25, -0.2) is 5.43 Å². The van der Waals surface area contributed by atoms with E-state index in [1.807, 2.05) is 0 Å². The molecule has 0 radical (unpaired) electrons. The fraction of sp³-hybridized carbons (Fsp3) is 0.125. The molecule has 2 aromatic rings. The van der Waals surface area contributed by atoms with Crippen molar-refractivity contribution >= 4 is 51.5 Å². The van der Waals surface area contributed by atoms with Crippen LogP contribution in [0.3, 0.4) is 0 Å². The van der Waals surface area contributed by atoms with Crippen LogP contribution >= 0.6 is 34.2 Å². The van der Waals surface area contributed by atoms with Gasteiger partial charge in [-0.2, -0.15) is 5.10 Å². The van der Waals surface area contributed by atoms with E-state index in [2.05, 4.69) is 33.1 Å². The molecule has 2 aromatic carbocycles. The summed E-state index contributed by atoms with van der Waals surface area (Å²) in [5, 5.41) is 15.2. The van der Waals surface area contributed by atoms with Crippen LogP contribution in [0.2, 0.25) is 5.02 Å². The molecule has 2 rings (SSSR count). The van der Waals surface area contributed by atoms with Gasteiger partial charge in [-0.05, 0) is 65.4 Å². The SMILES string of the molecule is CC(=NNC(=O)COc1ccc(Cl)cc1I)c1ccc([N+](=O)[O-])cc1. The molecule has 0 spiro atoms. The first kappa shape index (κ1) is 19.1. The van der Waals surface area contributed by atoms with Crippen LogP contribution < -0.4 is 10.2 Å². The molecule has 7 nitrogen and oxygen atoms in total. The maximum absolute atomic E-state index is 11.8. The smallest absolute Gasteiger partial charge is 0.277 e. The number of ether oxygens (including phenoxy) is 1. The van der Waals surface area contributed by atoms with Crippen molar-refractivity contribution in [3.05, 3.63) is 66.7 Å². The van der Waals surface area contributed by atoms with Crippen molar-refractivity contribution in [2.24, 2.45) is 5.10 Å². The van der Waals surface area contributed by atoms with Crippen molar-refractivity contribution in [3.63, 3.8) is 0 Å². The number of nitro groups is 1. The Labute approximate surface area is 162 Å². The number of nitrogens with one attached hydrogen (secondary N) is 1. The molecule has 1 amide bonds. The number of rotatable bonds is 6. The summed E-state index contributed by atoms with van der Waals surface area (Å²) >= 11 is 7.92. The Bertz CT molecular complexity index is 825. The molecule has 0 heterocycles. The van der Waals surface area contributed by atoms with Crippen molar-refractivity contribution in [1.82, 2.24) is 5.43 Å². The van der Waals surface area contributed by atoms with Crippen LogP contribution in [-0.4, -0.2) is 23.1 Å². The summed E-state index contributed by atoms with van der Waals surface area (Å²) < 4.78 is 6.21. The lowest BCUT2D eigenvalue weighted by Crippen LogP contribution is -2.25. The number of benzene rings is 2. The summed E-state index contributed by atoms with van der Waals surface area (Å²) in [6, 6.07) is 11.0. The van der Waals surface area contributed by atoms with Gasteiger partial charge in [-0.3, -0.25) is 14.9 Å². The summed E-state index contributed by atoms with van der Waals surface area (Å²) in [4.78, 5) is 22.0. The Kier molecular flexibility index (Phi) is 6.71. The lowest BCUT2D eigenvalue weighted by molar-refractivity contribution is -0.384. The molecule has 0 bridgehead atoms. The summed E-state index contributed by atoms with van der Waals surface area (Å²) in [5.41, 5.74) is 3.56. The molecule has 0 aliphatic carbocycles. The van der Waals surface area contributed by atoms with Gasteiger partial charge in [0.25, 0.3) is 11.6 Å². The van der Waals surface area contributed by atoms with E-state index < -0.39 is 10.8 Å². The lowest BCUT2D eigenvalue weighted by Gasteiger charge is -2.08. The number of carbonyl (C=O) groups excluding carboxylic acids is 1. The number of halogens is 2. The minimum absolute atomic E-state index is 0.00782. The first-order chi connectivity index (χ1) is 11.9. The summed E-state index contributed by atoms with van der Waals surface area (Å²) in [6.07, 6.45) is 0. The van der Waals surface area contributed by atoms with Crippen LogP contribution in [0.25, 0.3) is 0 Å². The van der Waals surface area contributed by atoms with E-state index in [9.17, 15) is 14.9 Å². The number of hydrazone groups is 1. The first-order valence-electron chi connectivity index (χ1n) is 7.02. The molecule has 0 saturated heterocycles. The van der Waals surface area contributed by atoms with E-state index in [1.165, 1.54) is 12.1 Å². The Morgan fingerprint density at radius 2 is 2.00 bits per heavy atom. The highest BCUT2D eigenvalue weighted by molar-refractivity contribution is 14.1. The number of nitrogens with zero attached hydrogens (tertiary/aromatic N) is 2. The Morgan fingerprint density at radius 1 is 1.32 bits per heavy atom. The molecule has 0 unspecified atom stereocenters. The van der Waals surface area contributed by atoms with Gasteiger partial charge in [0.1, 0.15) is 5.75 Å². The maximum atomic E-state index is 11.8. The summed E-state index contributed by atoms with van der Waals surface area (Å²) in [5.74, 6) is 0.128. The number of amides is 1. The third-order valence-electron chi connectivity index (χ3n) is 3.10. The molecule has 130 valence electrons. The van der Waals surface area contributed by atoms with Gasteiger partial charge < -0.3 is 4.74 Å². The zero-order valence-electron chi connectivity index (χ0n) is 13.0. The van der Waals surface area contributed by atoms with E-state index in [0.717, 1.165) is 3.57 Å². The molecule has 1 N–H and O–H groups in total. The van der Waals surface area contributed by atoms with Gasteiger partial charge in [0.15, 0.2) is 6.61 Å². The number of hydrogen-bond donors (Lipinski definition) is 1. The molecule has 25 heavy (non-hydrogen) atoms. The average molecular weight is 474 g/mol. The lowest BCUT2D eigenvalue weighted by atomic mass is 10.1. The second kappa shape index (κ2) is 8.77. The van der Waals surface area contributed by atoms with Gasteiger partial charge in [-0.15, -0.1) is 0 Å². The summed E-state index contributed by atoms with van der Waals surface area (Å²) in [7, 11) is 0. The van der Waals surface area contributed by atoms with E-state index in [-0.39, 0.29) is 12.3 Å². The maximum Gasteiger partial charge on any atom is 0.277 e. The first-order valence-corrected chi connectivity index (χ1v) is 8.48. The van der Waals surface area contributed by atoms with E-state index in [1.54, 1.807) is 37.3 Å². The third kappa shape index (κ3) is 5.68. The molecule has 0 aromatic heterocycles. The van der Waals surface area contributed by atoms with E-state index >= 15 is 0 Å². The van der Waals surface area contributed by atoms with Crippen LogP contribution in [0, 0.1) is 13.7 Å². The number of non-ortho nitro benzene ring substituents is 1. The molecule has 0 aliphatic rings. The molecule has 0 fully saturated rings. The fourth-order valence-corrected chi connectivity index (χ4v) is 2.83. The largest absolute Gasteiger partial charge is 0.483 e. The highest BCUT2D eigenvalue weighted by atomic mass is 127.